The molecule has 1 saturated heterocycles. The number of benzene rings is 2. The maximum absolute atomic E-state index is 13.8. The fourth-order valence-electron chi connectivity index (χ4n) is 4.69. The van der Waals surface area contributed by atoms with Crippen LogP contribution < -0.4 is 16.2 Å². The van der Waals surface area contributed by atoms with Crippen molar-refractivity contribution in [2.45, 2.75) is 25.8 Å². The smallest absolute Gasteiger partial charge is 0.334 e. The topological polar surface area (TPSA) is 95.4 Å². The van der Waals surface area contributed by atoms with Crippen molar-refractivity contribution in [3.8, 4) is 17.2 Å². The molecule has 1 aliphatic heterocycles. The second-order valence-electron chi connectivity index (χ2n) is 8.79. The van der Waals surface area contributed by atoms with Crippen molar-refractivity contribution in [2.24, 2.45) is 0 Å². The lowest BCUT2D eigenvalue weighted by atomic mass is 10.0. The van der Waals surface area contributed by atoms with Crippen LogP contribution in [0.25, 0.3) is 16.7 Å². The van der Waals surface area contributed by atoms with Crippen LogP contribution in [0.3, 0.4) is 0 Å². The summed E-state index contributed by atoms with van der Waals surface area (Å²) in [5.74, 6) is 1.58. The standard InChI is InChI=1S/C27H27N5O3/c1-18(2)26(33)30-16-6-7-20(17-30)31-23-14-15-29-25(28)24(23)32(27(31)34)19-10-12-22(13-11-19)35-21-8-4-3-5-9-21/h3-5,8-15,20H,1,6-7,16-17H2,2H3,(H2,28,29). The van der Waals surface area contributed by atoms with E-state index in [1.54, 1.807) is 33.2 Å². The van der Waals surface area contributed by atoms with E-state index in [1.807, 2.05) is 54.6 Å². The first-order valence-corrected chi connectivity index (χ1v) is 11.6. The third-order valence-corrected chi connectivity index (χ3v) is 6.30. The quantitative estimate of drug-likeness (QED) is 0.440. The summed E-state index contributed by atoms with van der Waals surface area (Å²) < 4.78 is 9.23. The number of hydrogen-bond donors (Lipinski definition) is 1. The summed E-state index contributed by atoms with van der Waals surface area (Å²) in [4.78, 5) is 32.4. The van der Waals surface area contributed by atoms with Crippen LogP contribution in [-0.4, -0.2) is 38.0 Å². The van der Waals surface area contributed by atoms with E-state index >= 15 is 0 Å². The molecule has 1 fully saturated rings. The highest BCUT2D eigenvalue weighted by Crippen LogP contribution is 2.29. The Bertz CT molecular complexity index is 1450. The summed E-state index contributed by atoms with van der Waals surface area (Å²) in [5.41, 5.74) is 8.45. The number of rotatable bonds is 5. The maximum atomic E-state index is 13.8. The fourth-order valence-corrected chi connectivity index (χ4v) is 4.69. The van der Waals surface area contributed by atoms with Gasteiger partial charge in [0.15, 0.2) is 0 Å². The number of hydrogen-bond acceptors (Lipinski definition) is 5. The number of nitrogens with zero attached hydrogens (tertiary/aromatic N) is 4. The molecular weight excluding hydrogens is 442 g/mol. The van der Waals surface area contributed by atoms with Gasteiger partial charge >= 0.3 is 5.69 Å². The second-order valence-corrected chi connectivity index (χ2v) is 8.79. The zero-order chi connectivity index (χ0) is 24.5. The van der Waals surface area contributed by atoms with E-state index in [0.717, 1.165) is 18.6 Å². The van der Waals surface area contributed by atoms with Gasteiger partial charge in [0.25, 0.3) is 0 Å². The molecular formula is C27H27N5O3. The zero-order valence-electron chi connectivity index (χ0n) is 19.6. The number of pyridine rings is 1. The lowest BCUT2D eigenvalue weighted by Gasteiger charge is -2.33. The Morgan fingerprint density at radius 3 is 2.51 bits per heavy atom. The third-order valence-electron chi connectivity index (χ3n) is 6.30. The second kappa shape index (κ2) is 9.13. The molecule has 2 aromatic carbocycles. The van der Waals surface area contributed by atoms with Crippen LogP contribution in [0.5, 0.6) is 11.5 Å². The monoisotopic (exact) mass is 469 g/mol. The molecule has 8 nitrogen and oxygen atoms in total. The Hall–Kier alpha value is -4.33. The predicted molar refractivity (Wildman–Crippen MR) is 136 cm³/mol. The highest BCUT2D eigenvalue weighted by molar-refractivity contribution is 5.92. The molecule has 0 spiro atoms. The summed E-state index contributed by atoms with van der Waals surface area (Å²) in [6, 6.07) is 18.4. The number of nitrogen functional groups attached to an aromatic ring is 1. The molecule has 2 N–H and O–H groups in total. The molecule has 0 radical (unpaired) electrons. The SMILES string of the molecule is C=C(C)C(=O)N1CCCC(n2c(=O)n(-c3ccc(Oc4ccccc4)cc3)c3c(N)nccc32)C1. The van der Waals surface area contributed by atoms with Crippen molar-refractivity contribution in [3.63, 3.8) is 0 Å². The molecule has 3 heterocycles. The summed E-state index contributed by atoms with van der Waals surface area (Å²) in [5, 5.41) is 0. The number of carbonyl (C=O) groups excluding carboxylic acids is 1. The Kier molecular flexibility index (Phi) is 5.86. The average molecular weight is 470 g/mol. The summed E-state index contributed by atoms with van der Waals surface area (Å²) in [7, 11) is 0. The summed E-state index contributed by atoms with van der Waals surface area (Å²) in [6.45, 7) is 6.59. The molecule has 0 saturated carbocycles. The Morgan fingerprint density at radius 1 is 1.09 bits per heavy atom. The highest BCUT2D eigenvalue weighted by Gasteiger charge is 2.29. The number of likely N-dealkylation sites (tertiary alicyclic amines) is 1. The van der Waals surface area contributed by atoms with Gasteiger partial charge < -0.3 is 15.4 Å². The summed E-state index contributed by atoms with van der Waals surface area (Å²) in [6.07, 6.45) is 3.19. The van der Waals surface area contributed by atoms with Crippen molar-refractivity contribution < 1.29 is 9.53 Å². The van der Waals surface area contributed by atoms with E-state index in [-0.39, 0.29) is 23.5 Å². The number of amides is 1. The number of carbonyl (C=O) groups is 1. The van der Waals surface area contributed by atoms with E-state index in [4.69, 9.17) is 10.5 Å². The van der Waals surface area contributed by atoms with Gasteiger partial charge in [0, 0.05) is 24.9 Å². The Balaban J connectivity index is 1.55. The number of anilines is 1. The number of imidazole rings is 1. The van der Waals surface area contributed by atoms with Crippen molar-refractivity contribution in [3.05, 3.63) is 89.5 Å². The zero-order valence-corrected chi connectivity index (χ0v) is 19.6. The first kappa shape index (κ1) is 22.5. The van der Waals surface area contributed by atoms with Gasteiger partial charge in [-0.15, -0.1) is 0 Å². The molecule has 4 aromatic rings. The molecule has 0 aliphatic carbocycles. The van der Waals surface area contributed by atoms with Gasteiger partial charge in [0.2, 0.25) is 5.91 Å². The lowest BCUT2D eigenvalue weighted by molar-refractivity contribution is -0.128. The number of fused-ring (bicyclic) bond motifs is 1. The molecule has 8 heteroatoms. The predicted octanol–water partition coefficient (Wildman–Crippen LogP) is 4.30. The number of aromatic nitrogens is 3. The molecule has 1 atom stereocenters. The summed E-state index contributed by atoms with van der Waals surface area (Å²) >= 11 is 0. The molecule has 5 rings (SSSR count). The van der Waals surface area contributed by atoms with E-state index < -0.39 is 0 Å². The molecule has 2 aromatic heterocycles. The first-order chi connectivity index (χ1) is 16.9. The van der Waals surface area contributed by atoms with Crippen LogP contribution in [0.2, 0.25) is 0 Å². The third kappa shape index (κ3) is 4.19. The van der Waals surface area contributed by atoms with Gasteiger partial charge in [0.1, 0.15) is 22.8 Å². The maximum Gasteiger partial charge on any atom is 0.334 e. The van der Waals surface area contributed by atoms with E-state index in [2.05, 4.69) is 11.6 Å². The van der Waals surface area contributed by atoms with Crippen molar-refractivity contribution in [1.82, 2.24) is 19.0 Å². The molecule has 1 amide bonds. The van der Waals surface area contributed by atoms with Gasteiger partial charge in [-0.2, -0.15) is 0 Å². The van der Waals surface area contributed by atoms with Gasteiger partial charge in [0.05, 0.1) is 17.2 Å². The van der Waals surface area contributed by atoms with Gasteiger partial charge in [-0.1, -0.05) is 24.8 Å². The Morgan fingerprint density at radius 2 is 1.80 bits per heavy atom. The number of ether oxygens (including phenoxy) is 1. The van der Waals surface area contributed by atoms with E-state index in [1.165, 1.54) is 0 Å². The van der Waals surface area contributed by atoms with Gasteiger partial charge in [-0.05, 0) is 62.2 Å². The first-order valence-electron chi connectivity index (χ1n) is 11.6. The largest absolute Gasteiger partial charge is 0.457 e. The normalized spacial score (nSPS) is 15.8. The van der Waals surface area contributed by atoms with Crippen LogP contribution in [-0.2, 0) is 4.79 Å². The fraction of sp³-hybridized carbons (Fsp3) is 0.222. The minimum Gasteiger partial charge on any atom is -0.457 e. The van der Waals surface area contributed by atoms with Crippen LogP contribution >= 0.6 is 0 Å². The van der Waals surface area contributed by atoms with E-state index in [0.29, 0.717) is 41.1 Å². The minimum absolute atomic E-state index is 0.0818. The number of nitrogens with two attached hydrogens (primary N) is 1. The number of piperidine rings is 1. The lowest BCUT2D eigenvalue weighted by Crippen LogP contribution is -2.43. The highest BCUT2D eigenvalue weighted by atomic mass is 16.5. The van der Waals surface area contributed by atoms with Crippen molar-refractivity contribution in [1.29, 1.82) is 0 Å². The molecule has 178 valence electrons. The van der Waals surface area contributed by atoms with Crippen molar-refractivity contribution >= 4 is 22.8 Å². The van der Waals surface area contributed by atoms with E-state index in [9.17, 15) is 9.59 Å². The van der Waals surface area contributed by atoms with Gasteiger partial charge in [-0.3, -0.25) is 13.9 Å². The molecule has 1 aliphatic rings. The minimum atomic E-state index is -0.217. The number of para-hydroxylation sites is 1. The average Bonchev–Trinajstić information content (AvgIpc) is 3.17. The van der Waals surface area contributed by atoms with Crippen LogP contribution in [0, 0.1) is 0 Å². The van der Waals surface area contributed by atoms with Crippen LogP contribution in [0.15, 0.2) is 83.8 Å². The molecule has 0 bridgehead atoms. The molecule has 35 heavy (non-hydrogen) atoms. The molecule has 1 unspecified atom stereocenters. The Labute approximate surface area is 202 Å². The van der Waals surface area contributed by atoms with Gasteiger partial charge in [-0.25, -0.2) is 9.78 Å². The van der Waals surface area contributed by atoms with Crippen molar-refractivity contribution in [2.75, 3.05) is 18.8 Å². The van der Waals surface area contributed by atoms with Crippen LogP contribution in [0.4, 0.5) is 5.82 Å². The van der Waals surface area contributed by atoms with Crippen LogP contribution in [0.1, 0.15) is 25.8 Å².